The summed E-state index contributed by atoms with van der Waals surface area (Å²) < 4.78 is 5.19. The molecule has 1 aliphatic rings. The van der Waals surface area contributed by atoms with Crippen molar-refractivity contribution in [1.29, 1.82) is 0 Å². The number of hydrogen-bond donors (Lipinski definition) is 2. The molecule has 0 saturated heterocycles. The maximum atomic E-state index is 6.20. The van der Waals surface area contributed by atoms with Gasteiger partial charge in [-0.1, -0.05) is 31.5 Å². The van der Waals surface area contributed by atoms with E-state index in [2.05, 4.69) is 19.2 Å². The molecule has 0 aromatic heterocycles. The Hall–Kier alpha value is -0.770. The van der Waals surface area contributed by atoms with Crippen LogP contribution in [-0.2, 0) is 0 Å². The molecule has 1 fully saturated rings. The van der Waals surface area contributed by atoms with Crippen LogP contribution in [0.5, 0.6) is 5.75 Å². The van der Waals surface area contributed by atoms with Crippen LogP contribution in [0.15, 0.2) is 18.2 Å². The first-order chi connectivity index (χ1) is 9.45. The molecule has 4 heteroatoms. The summed E-state index contributed by atoms with van der Waals surface area (Å²) in [7, 11) is 1.63. The van der Waals surface area contributed by atoms with E-state index in [1.165, 1.54) is 19.3 Å². The molecule has 0 radical (unpaired) electrons. The van der Waals surface area contributed by atoms with Crippen molar-refractivity contribution < 1.29 is 4.74 Å². The van der Waals surface area contributed by atoms with Crippen molar-refractivity contribution >= 4 is 11.6 Å². The van der Waals surface area contributed by atoms with Gasteiger partial charge in [0.05, 0.1) is 12.1 Å². The van der Waals surface area contributed by atoms with E-state index in [1.54, 1.807) is 7.11 Å². The van der Waals surface area contributed by atoms with Gasteiger partial charge >= 0.3 is 0 Å². The van der Waals surface area contributed by atoms with Gasteiger partial charge in [0.15, 0.2) is 0 Å². The van der Waals surface area contributed by atoms with Crippen molar-refractivity contribution in [2.24, 2.45) is 11.1 Å². The van der Waals surface area contributed by atoms with Gasteiger partial charge < -0.3 is 15.8 Å². The third-order valence-electron chi connectivity index (χ3n) is 4.22. The largest absolute Gasteiger partial charge is 0.495 e. The van der Waals surface area contributed by atoms with Gasteiger partial charge in [-0.3, -0.25) is 0 Å². The average Bonchev–Trinajstić information content (AvgIpc) is 2.75. The third kappa shape index (κ3) is 3.66. The predicted molar refractivity (Wildman–Crippen MR) is 84.4 cm³/mol. The molecule has 0 spiro atoms. The Morgan fingerprint density at radius 3 is 2.75 bits per heavy atom. The molecular formula is C16H25ClN2O. The quantitative estimate of drug-likeness (QED) is 0.874. The molecule has 20 heavy (non-hydrogen) atoms. The first-order valence-corrected chi connectivity index (χ1v) is 7.62. The molecule has 1 aromatic rings. The van der Waals surface area contributed by atoms with Crippen LogP contribution in [0.25, 0.3) is 0 Å². The standard InChI is InChI=1S/C16H25ClN2O/c1-16(2)7-6-12(9-16)19-14(10-18)11-4-5-15(20-3)13(17)8-11/h4-5,8,12,14,19H,6-7,9-10,18H2,1-3H3. The lowest BCUT2D eigenvalue weighted by atomic mass is 9.91. The van der Waals surface area contributed by atoms with Crippen LogP contribution in [0.3, 0.4) is 0 Å². The van der Waals surface area contributed by atoms with Crippen LogP contribution >= 0.6 is 11.6 Å². The van der Waals surface area contributed by atoms with Crippen molar-refractivity contribution in [3.63, 3.8) is 0 Å². The average molecular weight is 297 g/mol. The Bertz CT molecular complexity index is 462. The molecule has 1 saturated carbocycles. The van der Waals surface area contributed by atoms with Crippen molar-refractivity contribution in [3.05, 3.63) is 28.8 Å². The Morgan fingerprint density at radius 2 is 2.25 bits per heavy atom. The van der Waals surface area contributed by atoms with E-state index < -0.39 is 0 Å². The first kappa shape index (κ1) is 15.6. The second kappa shape index (κ2) is 6.33. The summed E-state index contributed by atoms with van der Waals surface area (Å²) in [6, 6.07) is 6.58. The summed E-state index contributed by atoms with van der Waals surface area (Å²) in [5.41, 5.74) is 7.50. The van der Waals surface area contributed by atoms with E-state index in [4.69, 9.17) is 22.1 Å². The summed E-state index contributed by atoms with van der Waals surface area (Å²) in [5.74, 6) is 0.702. The molecule has 3 nitrogen and oxygen atoms in total. The minimum atomic E-state index is 0.150. The SMILES string of the molecule is COc1ccc(C(CN)NC2CCC(C)(C)C2)cc1Cl. The lowest BCUT2D eigenvalue weighted by molar-refractivity contribution is 0.353. The number of nitrogens with two attached hydrogens (primary N) is 1. The summed E-state index contributed by atoms with van der Waals surface area (Å²) in [6.07, 6.45) is 3.69. The highest BCUT2D eigenvalue weighted by molar-refractivity contribution is 6.32. The van der Waals surface area contributed by atoms with Crippen LogP contribution < -0.4 is 15.8 Å². The Kier molecular flexibility index (Phi) is 4.95. The first-order valence-electron chi connectivity index (χ1n) is 7.25. The van der Waals surface area contributed by atoms with Crippen LogP contribution in [0.2, 0.25) is 5.02 Å². The second-order valence-corrected chi connectivity index (χ2v) is 6.86. The summed E-state index contributed by atoms with van der Waals surface area (Å²) in [6.45, 7) is 5.23. The molecular weight excluding hydrogens is 272 g/mol. The number of halogens is 1. The minimum absolute atomic E-state index is 0.150. The van der Waals surface area contributed by atoms with Gasteiger partial charge in [0.25, 0.3) is 0 Å². The number of benzene rings is 1. The third-order valence-corrected chi connectivity index (χ3v) is 4.51. The molecule has 2 rings (SSSR count). The Morgan fingerprint density at radius 1 is 1.50 bits per heavy atom. The van der Waals surface area contributed by atoms with Crippen LogP contribution in [-0.4, -0.2) is 19.7 Å². The number of methoxy groups -OCH3 is 1. The van der Waals surface area contributed by atoms with Crippen LogP contribution in [0.4, 0.5) is 0 Å². The number of nitrogens with one attached hydrogen (secondary N) is 1. The number of ether oxygens (including phenoxy) is 1. The molecule has 2 unspecified atom stereocenters. The van der Waals surface area contributed by atoms with Crippen molar-refractivity contribution in [1.82, 2.24) is 5.32 Å². The topological polar surface area (TPSA) is 47.3 Å². The minimum Gasteiger partial charge on any atom is -0.495 e. The van der Waals surface area contributed by atoms with E-state index >= 15 is 0 Å². The van der Waals surface area contributed by atoms with E-state index in [9.17, 15) is 0 Å². The molecule has 1 aliphatic carbocycles. The van der Waals surface area contributed by atoms with Gasteiger partial charge in [0.1, 0.15) is 5.75 Å². The van der Waals surface area contributed by atoms with Gasteiger partial charge in [0.2, 0.25) is 0 Å². The lowest BCUT2D eigenvalue weighted by Crippen LogP contribution is -2.35. The highest BCUT2D eigenvalue weighted by Crippen LogP contribution is 2.38. The smallest absolute Gasteiger partial charge is 0.137 e. The molecule has 0 amide bonds. The van der Waals surface area contributed by atoms with Gasteiger partial charge in [-0.25, -0.2) is 0 Å². The normalized spacial score (nSPS) is 22.8. The maximum absolute atomic E-state index is 6.20. The fourth-order valence-corrected chi connectivity index (χ4v) is 3.33. The highest BCUT2D eigenvalue weighted by Gasteiger charge is 2.31. The van der Waals surface area contributed by atoms with Gasteiger partial charge in [0, 0.05) is 18.6 Å². The molecule has 0 aliphatic heterocycles. The van der Waals surface area contributed by atoms with Crippen molar-refractivity contribution in [2.45, 2.75) is 45.2 Å². The number of rotatable bonds is 5. The molecule has 0 heterocycles. The maximum Gasteiger partial charge on any atom is 0.137 e. The van der Waals surface area contributed by atoms with Crippen molar-refractivity contribution in [2.75, 3.05) is 13.7 Å². The van der Waals surface area contributed by atoms with E-state index in [0.717, 1.165) is 5.56 Å². The fourth-order valence-electron chi connectivity index (χ4n) is 3.06. The van der Waals surface area contributed by atoms with E-state index in [-0.39, 0.29) is 6.04 Å². The van der Waals surface area contributed by atoms with Crippen molar-refractivity contribution in [3.8, 4) is 5.75 Å². The number of hydrogen-bond acceptors (Lipinski definition) is 3. The van der Waals surface area contributed by atoms with Gasteiger partial charge in [-0.05, 0) is 42.4 Å². The van der Waals surface area contributed by atoms with Gasteiger partial charge in [-0.15, -0.1) is 0 Å². The van der Waals surface area contributed by atoms with E-state index in [1.807, 2.05) is 18.2 Å². The molecule has 0 bridgehead atoms. The Balaban J connectivity index is 2.07. The Labute approximate surface area is 126 Å². The van der Waals surface area contributed by atoms with Gasteiger partial charge in [-0.2, -0.15) is 0 Å². The highest BCUT2D eigenvalue weighted by atomic mass is 35.5. The fraction of sp³-hybridized carbons (Fsp3) is 0.625. The van der Waals surface area contributed by atoms with Crippen LogP contribution in [0, 0.1) is 5.41 Å². The molecule has 3 N–H and O–H groups in total. The summed E-state index contributed by atoms with van der Waals surface area (Å²) in [4.78, 5) is 0. The van der Waals surface area contributed by atoms with Crippen LogP contribution in [0.1, 0.15) is 44.7 Å². The summed E-state index contributed by atoms with van der Waals surface area (Å²) >= 11 is 6.20. The monoisotopic (exact) mass is 296 g/mol. The zero-order valence-corrected chi connectivity index (χ0v) is 13.3. The zero-order valence-electron chi connectivity index (χ0n) is 12.6. The molecule has 1 aromatic carbocycles. The predicted octanol–water partition coefficient (Wildman–Crippen LogP) is 3.52. The zero-order chi connectivity index (χ0) is 14.8. The molecule has 2 atom stereocenters. The lowest BCUT2D eigenvalue weighted by Gasteiger charge is -2.24. The second-order valence-electron chi connectivity index (χ2n) is 6.45. The summed E-state index contributed by atoms with van der Waals surface area (Å²) in [5, 5.41) is 4.31. The van der Waals surface area contributed by atoms with E-state index in [0.29, 0.717) is 28.8 Å². The molecule has 112 valence electrons.